The molecule has 1 aromatic rings. The summed E-state index contributed by atoms with van der Waals surface area (Å²) >= 11 is 0. The molecule has 0 aromatic carbocycles. The van der Waals surface area contributed by atoms with Crippen molar-refractivity contribution in [3.8, 4) is 0 Å². The number of aromatic amines is 1. The van der Waals surface area contributed by atoms with Gasteiger partial charge in [-0.2, -0.15) is 4.98 Å². The van der Waals surface area contributed by atoms with Gasteiger partial charge in [-0.25, -0.2) is 0 Å². The smallest absolute Gasteiger partial charge is 0.291 e. The minimum absolute atomic E-state index is 0.108. The lowest BCUT2D eigenvalue weighted by atomic mass is 9.89. The lowest BCUT2D eigenvalue weighted by Crippen LogP contribution is -2.42. The van der Waals surface area contributed by atoms with Crippen molar-refractivity contribution in [1.29, 1.82) is 0 Å². The van der Waals surface area contributed by atoms with Crippen LogP contribution < -0.4 is 5.73 Å². The predicted molar refractivity (Wildman–Crippen MR) is 59.6 cm³/mol. The number of amides is 1. The fourth-order valence-electron chi connectivity index (χ4n) is 1.97. The van der Waals surface area contributed by atoms with E-state index in [-0.39, 0.29) is 17.7 Å². The summed E-state index contributed by atoms with van der Waals surface area (Å²) in [6.45, 7) is 5.95. The number of carbonyl (C=O) groups is 1. The Morgan fingerprint density at radius 3 is 2.81 bits per heavy atom. The molecule has 1 saturated heterocycles. The van der Waals surface area contributed by atoms with Gasteiger partial charge in [0.25, 0.3) is 5.91 Å². The zero-order valence-corrected chi connectivity index (χ0v) is 9.60. The van der Waals surface area contributed by atoms with Crippen LogP contribution in [0, 0.1) is 11.8 Å². The number of nitrogen functional groups attached to an aromatic ring is 1. The van der Waals surface area contributed by atoms with Crippen molar-refractivity contribution < 1.29 is 4.79 Å². The average Bonchev–Trinajstić information content (AvgIpc) is 2.68. The summed E-state index contributed by atoms with van der Waals surface area (Å²) in [7, 11) is 0. The standard InChI is InChI=1S/C10H17N5O/c1-6-3-4-15(5-7(6)2)9(16)8-12-10(11)14-13-8/h6-7H,3-5H2,1-2H3,(H3,11,12,13,14). The number of nitrogens with two attached hydrogens (primary N) is 1. The fourth-order valence-corrected chi connectivity index (χ4v) is 1.97. The minimum Gasteiger partial charge on any atom is -0.366 e. The van der Waals surface area contributed by atoms with E-state index >= 15 is 0 Å². The largest absolute Gasteiger partial charge is 0.366 e. The first kappa shape index (κ1) is 10.9. The van der Waals surface area contributed by atoms with E-state index in [1.54, 1.807) is 0 Å². The number of likely N-dealkylation sites (tertiary alicyclic amines) is 1. The molecule has 0 spiro atoms. The Kier molecular flexibility index (Phi) is 2.80. The van der Waals surface area contributed by atoms with Crippen molar-refractivity contribution in [3.05, 3.63) is 5.82 Å². The molecule has 16 heavy (non-hydrogen) atoms. The zero-order valence-electron chi connectivity index (χ0n) is 9.60. The highest BCUT2D eigenvalue weighted by molar-refractivity contribution is 5.90. The van der Waals surface area contributed by atoms with Gasteiger partial charge in [-0.3, -0.25) is 9.89 Å². The van der Waals surface area contributed by atoms with E-state index in [1.165, 1.54) is 0 Å². The summed E-state index contributed by atoms with van der Waals surface area (Å²) in [6.07, 6.45) is 1.04. The fraction of sp³-hybridized carbons (Fsp3) is 0.700. The average molecular weight is 223 g/mol. The van der Waals surface area contributed by atoms with E-state index in [0.717, 1.165) is 19.5 Å². The van der Waals surface area contributed by atoms with Gasteiger partial charge in [-0.05, 0) is 18.3 Å². The van der Waals surface area contributed by atoms with Crippen LogP contribution in [0.1, 0.15) is 30.9 Å². The molecule has 1 aliphatic rings. The molecule has 0 saturated carbocycles. The van der Waals surface area contributed by atoms with E-state index in [1.807, 2.05) is 4.90 Å². The van der Waals surface area contributed by atoms with E-state index in [9.17, 15) is 4.79 Å². The van der Waals surface area contributed by atoms with E-state index in [2.05, 4.69) is 29.0 Å². The Labute approximate surface area is 94.2 Å². The molecule has 0 bridgehead atoms. The molecule has 1 aliphatic heterocycles. The molecule has 6 heteroatoms. The lowest BCUT2D eigenvalue weighted by molar-refractivity contribution is 0.0616. The maximum absolute atomic E-state index is 12.0. The van der Waals surface area contributed by atoms with Crippen LogP contribution in [0.15, 0.2) is 0 Å². The van der Waals surface area contributed by atoms with Crippen molar-refractivity contribution in [1.82, 2.24) is 20.1 Å². The summed E-state index contributed by atoms with van der Waals surface area (Å²) in [4.78, 5) is 17.7. The van der Waals surface area contributed by atoms with Crippen LogP contribution in [-0.4, -0.2) is 39.1 Å². The maximum Gasteiger partial charge on any atom is 0.291 e. The van der Waals surface area contributed by atoms with Gasteiger partial charge in [0, 0.05) is 13.1 Å². The van der Waals surface area contributed by atoms with Crippen LogP contribution in [0.3, 0.4) is 0 Å². The molecule has 1 amide bonds. The molecule has 1 fully saturated rings. The molecule has 2 heterocycles. The highest BCUT2D eigenvalue weighted by Gasteiger charge is 2.27. The molecule has 6 nitrogen and oxygen atoms in total. The van der Waals surface area contributed by atoms with Crippen molar-refractivity contribution in [2.45, 2.75) is 20.3 Å². The third-order valence-corrected chi connectivity index (χ3v) is 3.33. The second kappa shape index (κ2) is 4.11. The predicted octanol–water partition coefficient (Wildman–Crippen LogP) is 0.505. The number of hydrogen-bond donors (Lipinski definition) is 2. The van der Waals surface area contributed by atoms with Gasteiger partial charge in [-0.15, -0.1) is 5.10 Å². The summed E-state index contributed by atoms with van der Waals surface area (Å²) in [5.41, 5.74) is 5.37. The third-order valence-electron chi connectivity index (χ3n) is 3.33. The Balaban J connectivity index is 2.06. The van der Waals surface area contributed by atoms with Gasteiger partial charge < -0.3 is 10.6 Å². The number of aromatic nitrogens is 3. The number of H-pyrrole nitrogens is 1. The maximum atomic E-state index is 12.0. The normalized spacial score (nSPS) is 25.8. The van der Waals surface area contributed by atoms with Crippen LogP contribution in [0.4, 0.5) is 5.95 Å². The first-order valence-corrected chi connectivity index (χ1v) is 5.55. The van der Waals surface area contributed by atoms with E-state index in [4.69, 9.17) is 5.73 Å². The molecular formula is C10H17N5O. The van der Waals surface area contributed by atoms with Gasteiger partial charge in [0.2, 0.25) is 11.8 Å². The lowest BCUT2D eigenvalue weighted by Gasteiger charge is -2.34. The second-order valence-electron chi connectivity index (χ2n) is 4.54. The van der Waals surface area contributed by atoms with Crippen LogP contribution in [0.2, 0.25) is 0 Å². The molecule has 88 valence electrons. The number of hydrogen-bond acceptors (Lipinski definition) is 4. The number of anilines is 1. The first-order valence-electron chi connectivity index (χ1n) is 5.55. The second-order valence-corrected chi connectivity index (χ2v) is 4.54. The summed E-state index contributed by atoms with van der Waals surface area (Å²) in [5, 5.41) is 6.21. The van der Waals surface area contributed by atoms with Crippen LogP contribution in [0.5, 0.6) is 0 Å². The number of nitrogens with one attached hydrogen (secondary N) is 1. The van der Waals surface area contributed by atoms with Crippen LogP contribution in [0.25, 0.3) is 0 Å². The minimum atomic E-state index is -0.108. The van der Waals surface area contributed by atoms with E-state index in [0.29, 0.717) is 11.8 Å². The zero-order chi connectivity index (χ0) is 11.7. The Bertz CT molecular complexity index is 388. The topological polar surface area (TPSA) is 87.9 Å². The monoisotopic (exact) mass is 223 g/mol. The van der Waals surface area contributed by atoms with Crippen molar-refractivity contribution in [2.24, 2.45) is 11.8 Å². The van der Waals surface area contributed by atoms with Gasteiger partial charge in [0.15, 0.2) is 0 Å². The van der Waals surface area contributed by atoms with E-state index < -0.39 is 0 Å². The number of piperidine rings is 1. The molecule has 2 atom stereocenters. The van der Waals surface area contributed by atoms with Gasteiger partial charge >= 0.3 is 0 Å². The third kappa shape index (κ3) is 2.00. The molecule has 2 rings (SSSR count). The molecular weight excluding hydrogens is 206 g/mol. The summed E-state index contributed by atoms with van der Waals surface area (Å²) < 4.78 is 0. The van der Waals surface area contributed by atoms with Crippen LogP contribution >= 0.6 is 0 Å². The SMILES string of the molecule is CC1CCN(C(=O)c2nc(N)n[nH]2)CC1C. The van der Waals surface area contributed by atoms with Crippen molar-refractivity contribution in [3.63, 3.8) is 0 Å². The molecule has 2 unspecified atom stereocenters. The Hall–Kier alpha value is -1.59. The quantitative estimate of drug-likeness (QED) is 0.726. The van der Waals surface area contributed by atoms with Gasteiger partial charge in [-0.1, -0.05) is 13.8 Å². The number of rotatable bonds is 1. The Morgan fingerprint density at radius 1 is 1.50 bits per heavy atom. The summed E-state index contributed by atoms with van der Waals surface area (Å²) in [6, 6.07) is 0. The summed E-state index contributed by atoms with van der Waals surface area (Å²) in [5.74, 6) is 1.44. The first-order chi connectivity index (χ1) is 7.58. The highest BCUT2D eigenvalue weighted by Crippen LogP contribution is 2.23. The highest BCUT2D eigenvalue weighted by atomic mass is 16.2. The Morgan fingerprint density at radius 2 is 2.25 bits per heavy atom. The molecule has 0 aliphatic carbocycles. The van der Waals surface area contributed by atoms with Crippen molar-refractivity contribution >= 4 is 11.9 Å². The van der Waals surface area contributed by atoms with Gasteiger partial charge in [0.1, 0.15) is 0 Å². The molecule has 0 radical (unpaired) electrons. The molecule has 3 N–H and O–H groups in total. The number of carbonyl (C=O) groups excluding carboxylic acids is 1. The molecule has 1 aromatic heterocycles. The van der Waals surface area contributed by atoms with Gasteiger partial charge in [0.05, 0.1) is 0 Å². The van der Waals surface area contributed by atoms with Crippen molar-refractivity contribution in [2.75, 3.05) is 18.8 Å². The number of nitrogens with zero attached hydrogens (tertiary/aromatic N) is 3. The van der Waals surface area contributed by atoms with Crippen LogP contribution in [-0.2, 0) is 0 Å².